The van der Waals surface area contributed by atoms with Crippen molar-refractivity contribution < 1.29 is 17.9 Å². The summed E-state index contributed by atoms with van der Waals surface area (Å²) in [5.74, 6) is -0.178. The van der Waals surface area contributed by atoms with E-state index in [1.165, 1.54) is 15.2 Å². The highest BCUT2D eigenvalue weighted by atomic mass is 32.2. The van der Waals surface area contributed by atoms with Crippen molar-refractivity contribution >= 4 is 33.0 Å². The number of morpholine rings is 1. The van der Waals surface area contributed by atoms with Crippen LogP contribution in [0.25, 0.3) is 0 Å². The molecular weight excluding hydrogens is 398 g/mol. The van der Waals surface area contributed by atoms with Crippen LogP contribution in [-0.4, -0.2) is 63.4 Å². The maximum atomic E-state index is 12.8. The van der Waals surface area contributed by atoms with Crippen molar-refractivity contribution in [3.8, 4) is 0 Å². The van der Waals surface area contributed by atoms with Crippen LogP contribution in [0, 0.1) is 6.92 Å². The summed E-state index contributed by atoms with van der Waals surface area (Å²) < 4.78 is 32.3. The first-order valence-electron chi connectivity index (χ1n) is 9.05. The first kappa shape index (κ1) is 20.9. The molecule has 3 rings (SSSR count). The third-order valence-electron chi connectivity index (χ3n) is 4.51. The van der Waals surface area contributed by atoms with Crippen LogP contribution in [0.1, 0.15) is 10.4 Å². The molecule has 1 aliphatic heterocycles. The maximum absolute atomic E-state index is 12.8. The highest BCUT2D eigenvalue weighted by molar-refractivity contribution is 7.89. The minimum absolute atomic E-state index is 0.178. The van der Waals surface area contributed by atoms with Gasteiger partial charge in [0.15, 0.2) is 0 Å². The summed E-state index contributed by atoms with van der Waals surface area (Å²) in [6, 6.07) is 8.86. The van der Waals surface area contributed by atoms with Gasteiger partial charge >= 0.3 is 0 Å². The van der Waals surface area contributed by atoms with Crippen molar-refractivity contribution in [2.75, 3.05) is 45.2 Å². The highest BCUT2D eigenvalue weighted by Gasteiger charge is 2.27. The van der Waals surface area contributed by atoms with Crippen molar-refractivity contribution in [3.63, 3.8) is 0 Å². The van der Waals surface area contributed by atoms with E-state index in [-0.39, 0.29) is 17.3 Å². The molecule has 2 heterocycles. The molecule has 1 N–H and O–H groups in total. The lowest BCUT2D eigenvalue weighted by Gasteiger charge is -2.26. The second-order valence-corrected chi connectivity index (χ2v) is 9.76. The van der Waals surface area contributed by atoms with Gasteiger partial charge in [-0.1, -0.05) is 12.1 Å². The third-order valence-corrected chi connectivity index (χ3v) is 7.27. The van der Waals surface area contributed by atoms with Gasteiger partial charge in [-0.25, -0.2) is 8.42 Å². The molecule has 1 saturated heterocycles. The van der Waals surface area contributed by atoms with Gasteiger partial charge in [-0.2, -0.15) is 4.31 Å². The number of rotatable bonds is 7. The van der Waals surface area contributed by atoms with Gasteiger partial charge in [0.25, 0.3) is 0 Å². The van der Waals surface area contributed by atoms with E-state index in [1.807, 2.05) is 36.4 Å². The first-order chi connectivity index (χ1) is 13.4. The second kappa shape index (κ2) is 9.15. The number of nitrogens with one attached hydrogen (secondary N) is 1. The summed E-state index contributed by atoms with van der Waals surface area (Å²) in [6.07, 6.45) is 0. The van der Waals surface area contributed by atoms with E-state index in [0.29, 0.717) is 38.5 Å². The number of thiophene rings is 1. The molecule has 0 aliphatic carbocycles. The largest absolute Gasteiger partial charge is 0.379 e. The topological polar surface area (TPSA) is 79.0 Å². The fourth-order valence-electron chi connectivity index (χ4n) is 2.99. The van der Waals surface area contributed by atoms with Crippen LogP contribution in [0.5, 0.6) is 0 Å². The zero-order chi connectivity index (χ0) is 20.1. The number of hydrogen-bond donors (Lipinski definition) is 1. The van der Waals surface area contributed by atoms with Gasteiger partial charge in [0.2, 0.25) is 15.9 Å². The zero-order valence-electron chi connectivity index (χ0n) is 16.1. The van der Waals surface area contributed by atoms with E-state index in [0.717, 1.165) is 5.56 Å². The van der Waals surface area contributed by atoms with Crippen LogP contribution in [0.15, 0.2) is 40.6 Å². The number of sulfonamides is 1. The van der Waals surface area contributed by atoms with E-state index in [4.69, 9.17) is 4.74 Å². The van der Waals surface area contributed by atoms with Crippen LogP contribution in [-0.2, 0) is 26.1 Å². The Bertz CT molecular complexity index is 907. The molecule has 28 heavy (non-hydrogen) atoms. The number of aryl methyl sites for hydroxylation is 1. The quantitative estimate of drug-likeness (QED) is 0.738. The number of ether oxygens (including phenoxy) is 1. The molecular formula is C19H25N3O4S2. The lowest BCUT2D eigenvalue weighted by Crippen LogP contribution is -2.40. The molecule has 1 amide bonds. The fourth-order valence-corrected chi connectivity index (χ4v) is 5.21. The van der Waals surface area contributed by atoms with Gasteiger partial charge in [0.05, 0.1) is 24.7 Å². The van der Waals surface area contributed by atoms with E-state index in [2.05, 4.69) is 5.32 Å². The summed E-state index contributed by atoms with van der Waals surface area (Å²) >= 11 is 1.65. The number of nitrogens with zero attached hydrogens (tertiary/aromatic N) is 2. The lowest BCUT2D eigenvalue weighted by molar-refractivity contribution is -0.117. The summed E-state index contributed by atoms with van der Waals surface area (Å²) in [5, 5.41) is 4.86. The van der Waals surface area contributed by atoms with Crippen molar-refractivity contribution in [1.29, 1.82) is 0 Å². The van der Waals surface area contributed by atoms with Gasteiger partial charge < -0.3 is 10.1 Å². The smallest absolute Gasteiger partial charge is 0.243 e. The third kappa shape index (κ3) is 5.18. The lowest BCUT2D eigenvalue weighted by atomic mass is 10.2. The molecule has 0 bridgehead atoms. The molecule has 1 aromatic carbocycles. The molecule has 9 heteroatoms. The Labute approximate surface area is 170 Å². The Kier molecular flexibility index (Phi) is 6.84. The SMILES string of the molecule is Cc1ccc(S(=O)(=O)N2CCOCC2)cc1NC(=O)CN(C)Cc1cccs1. The molecule has 7 nitrogen and oxygen atoms in total. The normalized spacial score (nSPS) is 15.7. The zero-order valence-corrected chi connectivity index (χ0v) is 17.7. The number of carbonyl (C=O) groups excluding carboxylic acids is 1. The summed E-state index contributed by atoms with van der Waals surface area (Å²) in [6.45, 7) is 4.22. The number of likely N-dealkylation sites (N-methyl/N-ethyl adjacent to an activating group) is 1. The average molecular weight is 424 g/mol. The molecule has 0 radical (unpaired) electrons. The Morgan fingerprint density at radius 3 is 2.71 bits per heavy atom. The monoisotopic (exact) mass is 423 g/mol. The fraction of sp³-hybridized carbons (Fsp3) is 0.421. The molecule has 1 aliphatic rings. The number of benzene rings is 1. The van der Waals surface area contributed by atoms with E-state index < -0.39 is 10.0 Å². The van der Waals surface area contributed by atoms with Crippen LogP contribution in [0.2, 0.25) is 0 Å². The Morgan fingerprint density at radius 1 is 1.29 bits per heavy atom. The maximum Gasteiger partial charge on any atom is 0.243 e. The minimum Gasteiger partial charge on any atom is -0.379 e. The Hall–Kier alpha value is -1.78. The van der Waals surface area contributed by atoms with Crippen LogP contribution in [0.3, 0.4) is 0 Å². The van der Waals surface area contributed by atoms with Crippen molar-refractivity contribution in [3.05, 3.63) is 46.2 Å². The average Bonchev–Trinajstić information content (AvgIpc) is 3.16. The van der Waals surface area contributed by atoms with Crippen molar-refractivity contribution in [2.45, 2.75) is 18.4 Å². The van der Waals surface area contributed by atoms with Crippen LogP contribution < -0.4 is 5.32 Å². The van der Waals surface area contributed by atoms with E-state index >= 15 is 0 Å². The van der Waals surface area contributed by atoms with E-state index in [1.54, 1.807) is 23.5 Å². The summed E-state index contributed by atoms with van der Waals surface area (Å²) in [5.41, 5.74) is 1.33. The van der Waals surface area contributed by atoms with Crippen LogP contribution >= 0.6 is 11.3 Å². The first-order valence-corrected chi connectivity index (χ1v) is 11.4. The van der Waals surface area contributed by atoms with E-state index in [9.17, 15) is 13.2 Å². The predicted octanol–water partition coefficient (Wildman–Crippen LogP) is 2.15. The molecule has 152 valence electrons. The van der Waals surface area contributed by atoms with Gasteiger partial charge in [0.1, 0.15) is 0 Å². The van der Waals surface area contributed by atoms with Crippen molar-refractivity contribution in [2.24, 2.45) is 0 Å². The number of anilines is 1. The molecule has 1 aromatic heterocycles. The van der Waals surface area contributed by atoms with Gasteiger partial charge in [-0.15, -0.1) is 11.3 Å². The molecule has 0 spiro atoms. The standard InChI is InChI=1S/C19H25N3O4S2/c1-15-5-6-17(28(24,25)22-7-9-26-10-8-22)12-18(15)20-19(23)14-21(2)13-16-4-3-11-27-16/h3-6,11-12H,7-10,13-14H2,1-2H3,(H,20,23). The Balaban J connectivity index is 1.68. The molecule has 0 atom stereocenters. The Morgan fingerprint density at radius 2 is 2.04 bits per heavy atom. The number of hydrogen-bond acceptors (Lipinski definition) is 6. The molecule has 1 fully saturated rings. The second-order valence-electron chi connectivity index (χ2n) is 6.79. The molecule has 2 aromatic rings. The molecule has 0 unspecified atom stereocenters. The number of carbonyl (C=O) groups is 1. The predicted molar refractivity (Wildman–Crippen MR) is 110 cm³/mol. The van der Waals surface area contributed by atoms with Gasteiger partial charge in [-0.3, -0.25) is 9.69 Å². The molecule has 0 saturated carbocycles. The minimum atomic E-state index is -3.60. The van der Waals surface area contributed by atoms with Gasteiger partial charge in [-0.05, 0) is 43.1 Å². The highest BCUT2D eigenvalue weighted by Crippen LogP contribution is 2.23. The summed E-state index contributed by atoms with van der Waals surface area (Å²) in [4.78, 5) is 15.7. The van der Waals surface area contributed by atoms with Gasteiger partial charge in [0, 0.05) is 30.2 Å². The summed E-state index contributed by atoms with van der Waals surface area (Å²) in [7, 11) is -1.72. The number of amides is 1. The van der Waals surface area contributed by atoms with Crippen molar-refractivity contribution in [1.82, 2.24) is 9.21 Å². The van der Waals surface area contributed by atoms with Crippen LogP contribution in [0.4, 0.5) is 5.69 Å².